The van der Waals surface area contributed by atoms with E-state index >= 15 is 0 Å². The van der Waals surface area contributed by atoms with E-state index in [1.54, 1.807) is 0 Å². The summed E-state index contributed by atoms with van der Waals surface area (Å²) >= 11 is 0. The lowest BCUT2D eigenvalue weighted by molar-refractivity contribution is 1.46. The summed E-state index contributed by atoms with van der Waals surface area (Å²) in [4.78, 5) is 0. The average molecular weight is 209 g/mol. The molecule has 0 aliphatic heterocycles. The van der Waals surface area contributed by atoms with E-state index in [-0.39, 0.29) is 0 Å². The monoisotopic (exact) mass is 209 g/mol. The first-order chi connectivity index (χ1) is 7.75. The van der Waals surface area contributed by atoms with E-state index in [1.165, 1.54) is 11.1 Å². The van der Waals surface area contributed by atoms with Crippen molar-refractivity contribution in [1.82, 2.24) is 0 Å². The maximum atomic E-state index is 5.86. The molecule has 2 aromatic carbocycles. The largest absolute Gasteiger partial charge is 0.398 e. The summed E-state index contributed by atoms with van der Waals surface area (Å²) in [5.41, 5.74) is 10.2. The molecule has 0 amide bonds. The molecule has 0 aliphatic carbocycles. The molecule has 0 spiro atoms. The van der Waals surface area contributed by atoms with Crippen LogP contribution in [-0.2, 0) is 0 Å². The number of benzene rings is 2. The Morgan fingerprint density at radius 3 is 2.25 bits per heavy atom. The van der Waals surface area contributed by atoms with Gasteiger partial charge in [-0.1, -0.05) is 60.2 Å². The SMILES string of the molecule is Cc1ccc(/C=C\c2ccccc2N)cc1. The van der Waals surface area contributed by atoms with E-state index in [9.17, 15) is 0 Å². The Bertz CT molecular complexity index is 495. The quantitative estimate of drug-likeness (QED) is 0.591. The van der Waals surface area contributed by atoms with Crippen molar-refractivity contribution in [2.45, 2.75) is 6.92 Å². The fraction of sp³-hybridized carbons (Fsp3) is 0.0667. The number of hydrogen-bond acceptors (Lipinski definition) is 1. The first kappa shape index (κ1) is 10.5. The molecule has 1 heteroatoms. The predicted molar refractivity (Wildman–Crippen MR) is 71.0 cm³/mol. The molecule has 1 nitrogen and oxygen atoms in total. The van der Waals surface area contributed by atoms with Crippen LogP contribution in [0, 0.1) is 6.92 Å². The number of nitrogens with two attached hydrogens (primary N) is 1. The standard InChI is InChI=1S/C15H15N/c1-12-6-8-13(9-7-12)10-11-14-4-2-3-5-15(14)16/h2-11H,16H2,1H3/b11-10-. The van der Waals surface area contributed by atoms with Gasteiger partial charge in [0.1, 0.15) is 0 Å². The Labute approximate surface area is 96.2 Å². The Balaban J connectivity index is 2.21. The molecule has 0 saturated carbocycles. The van der Waals surface area contributed by atoms with E-state index in [2.05, 4.69) is 37.3 Å². The third-order valence-electron chi connectivity index (χ3n) is 2.53. The van der Waals surface area contributed by atoms with Gasteiger partial charge < -0.3 is 5.73 Å². The van der Waals surface area contributed by atoms with Crippen molar-refractivity contribution in [3.05, 3.63) is 65.2 Å². The van der Waals surface area contributed by atoms with Gasteiger partial charge in [0.25, 0.3) is 0 Å². The first-order valence-corrected chi connectivity index (χ1v) is 5.35. The zero-order chi connectivity index (χ0) is 11.4. The van der Waals surface area contributed by atoms with Gasteiger partial charge in [0.2, 0.25) is 0 Å². The van der Waals surface area contributed by atoms with Crippen LogP contribution in [0.2, 0.25) is 0 Å². The van der Waals surface area contributed by atoms with Crippen LogP contribution in [0.3, 0.4) is 0 Å². The van der Waals surface area contributed by atoms with Crippen molar-refractivity contribution in [2.75, 3.05) is 5.73 Å². The molecule has 2 aromatic rings. The van der Waals surface area contributed by atoms with E-state index < -0.39 is 0 Å². The van der Waals surface area contributed by atoms with Gasteiger partial charge in [0.15, 0.2) is 0 Å². The maximum absolute atomic E-state index is 5.86. The summed E-state index contributed by atoms with van der Waals surface area (Å²) in [6.45, 7) is 2.09. The zero-order valence-corrected chi connectivity index (χ0v) is 9.35. The number of rotatable bonds is 2. The van der Waals surface area contributed by atoms with Crippen LogP contribution in [-0.4, -0.2) is 0 Å². The second-order valence-corrected chi connectivity index (χ2v) is 3.87. The van der Waals surface area contributed by atoms with Gasteiger partial charge in [-0.15, -0.1) is 0 Å². The molecule has 0 aliphatic rings. The lowest BCUT2D eigenvalue weighted by Gasteiger charge is -1.99. The lowest BCUT2D eigenvalue weighted by Crippen LogP contribution is -1.87. The van der Waals surface area contributed by atoms with E-state index in [1.807, 2.05) is 30.3 Å². The minimum absolute atomic E-state index is 0.811. The van der Waals surface area contributed by atoms with Gasteiger partial charge >= 0.3 is 0 Å². The zero-order valence-electron chi connectivity index (χ0n) is 9.35. The van der Waals surface area contributed by atoms with Gasteiger partial charge in [-0.05, 0) is 24.1 Å². The molecule has 16 heavy (non-hydrogen) atoms. The van der Waals surface area contributed by atoms with E-state index in [0.29, 0.717) is 0 Å². The summed E-state index contributed by atoms with van der Waals surface area (Å²) in [5, 5.41) is 0. The van der Waals surface area contributed by atoms with Gasteiger partial charge in [0.05, 0.1) is 0 Å². The highest BCUT2D eigenvalue weighted by molar-refractivity contribution is 5.75. The topological polar surface area (TPSA) is 26.0 Å². The van der Waals surface area contributed by atoms with Gasteiger partial charge in [0, 0.05) is 5.69 Å². The lowest BCUT2D eigenvalue weighted by atomic mass is 10.1. The molecular formula is C15H15N. The van der Waals surface area contributed by atoms with Gasteiger partial charge in [-0.25, -0.2) is 0 Å². The number of anilines is 1. The number of para-hydroxylation sites is 1. The molecule has 0 radical (unpaired) electrons. The molecule has 0 unspecified atom stereocenters. The third kappa shape index (κ3) is 2.51. The van der Waals surface area contributed by atoms with Crippen molar-refractivity contribution >= 4 is 17.8 Å². The van der Waals surface area contributed by atoms with Crippen molar-refractivity contribution in [3.63, 3.8) is 0 Å². The highest BCUT2D eigenvalue weighted by Gasteiger charge is 1.92. The minimum atomic E-state index is 0.811. The van der Waals surface area contributed by atoms with Crippen molar-refractivity contribution in [1.29, 1.82) is 0 Å². The van der Waals surface area contributed by atoms with Crippen molar-refractivity contribution in [3.8, 4) is 0 Å². The molecule has 0 atom stereocenters. The first-order valence-electron chi connectivity index (χ1n) is 5.35. The Morgan fingerprint density at radius 1 is 0.875 bits per heavy atom. The Kier molecular flexibility index (Phi) is 3.06. The summed E-state index contributed by atoms with van der Waals surface area (Å²) in [7, 11) is 0. The second-order valence-electron chi connectivity index (χ2n) is 3.87. The molecule has 80 valence electrons. The molecule has 2 rings (SSSR count). The van der Waals surface area contributed by atoms with Crippen LogP contribution in [0.1, 0.15) is 16.7 Å². The minimum Gasteiger partial charge on any atom is -0.398 e. The fourth-order valence-electron chi connectivity index (χ4n) is 1.53. The molecule has 0 fully saturated rings. The van der Waals surface area contributed by atoms with Gasteiger partial charge in [-0.3, -0.25) is 0 Å². The smallest absolute Gasteiger partial charge is 0.0387 e. The summed E-state index contributed by atoms with van der Waals surface area (Å²) in [6, 6.07) is 16.3. The second kappa shape index (κ2) is 4.67. The normalized spacial score (nSPS) is 10.8. The maximum Gasteiger partial charge on any atom is 0.0387 e. The Hall–Kier alpha value is -2.02. The molecule has 0 saturated heterocycles. The summed E-state index contributed by atoms with van der Waals surface area (Å²) < 4.78 is 0. The van der Waals surface area contributed by atoms with Gasteiger partial charge in [-0.2, -0.15) is 0 Å². The summed E-state index contributed by atoms with van der Waals surface area (Å²) in [5.74, 6) is 0. The highest BCUT2D eigenvalue weighted by Crippen LogP contribution is 2.14. The van der Waals surface area contributed by atoms with Crippen LogP contribution in [0.4, 0.5) is 5.69 Å². The summed E-state index contributed by atoms with van der Waals surface area (Å²) in [6.07, 6.45) is 4.12. The molecule has 0 bridgehead atoms. The highest BCUT2D eigenvalue weighted by atomic mass is 14.5. The Morgan fingerprint density at radius 2 is 1.56 bits per heavy atom. The molecule has 0 heterocycles. The predicted octanol–water partition coefficient (Wildman–Crippen LogP) is 3.75. The van der Waals surface area contributed by atoms with Crippen LogP contribution >= 0.6 is 0 Å². The number of aryl methyl sites for hydroxylation is 1. The fourth-order valence-corrected chi connectivity index (χ4v) is 1.53. The van der Waals surface area contributed by atoms with Crippen molar-refractivity contribution < 1.29 is 0 Å². The molecule has 2 N–H and O–H groups in total. The number of nitrogen functional groups attached to an aromatic ring is 1. The molecular weight excluding hydrogens is 194 g/mol. The van der Waals surface area contributed by atoms with Crippen LogP contribution < -0.4 is 5.73 Å². The van der Waals surface area contributed by atoms with Crippen LogP contribution in [0.25, 0.3) is 12.2 Å². The van der Waals surface area contributed by atoms with E-state index in [0.717, 1.165) is 11.3 Å². The van der Waals surface area contributed by atoms with Crippen molar-refractivity contribution in [2.24, 2.45) is 0 Å². The van der Waals surface area contributed by atoms with Crippen LogP contribution in [0.15, 0.2) is 48.5 Å². The van der Waals surface area contributed by atoms with Crippen LogP contribution in [0.5, 0.6) is 0 Å². The van der Waals surface area contributed by atoms with E-state index in [4.69, 9.17) is 5.73 Å². The molecule has 0 aromatic heterocycles. The third-order valence-corrected chi connectivity index (χ3v) is 2.53. The number of hydrogen-bond donors (Lipinski definition) is 1. The average Bonchev–Trinajstić information content (AvgIpc) is 2.30.